The fourth-order valence-electron chi connectivity index (χ4n) is 2.46. The molecule has 5 heteroatoms. The van der Waals surface area contributed by atoms with Crippen molar-refractivity contribution in [3.63, 3.8) is 0 Å². The number of hydrogen-bond acceptors (Lipinski definition) is 5. The van der Waals surface area contributed by atoms with E-state index in [0.29, 0.717) is 34.1 Å². The predicted octanol–water partition coefficient (Wildman–Crippen LogP) is 3.33. The lowest BCUT2D eigenvalue weighted by atomic mass is 10.1. The molecule has 0 unspecified atom stereocenters. The van der Waals surface area contributed by atoms with E-state index in [2.05, 4.69) is 0 Å². The quantitative estimate of drug-likeness (QED) is 0.811. The van der Waals surface area contributed by atoms with Crippen LogP contribution in [0.1, 0.15) is 15.9 Å². The van der Waals surface area contributed by atoms with Gasteiger partial charge in [0.2, 0.25) is 5.78 Å². The Bertz CT molecular complexity index is 792. The number of ether oxygens (including phenoxy) is 4. The van der Waals surface area contributed by atoms with Gasteiger partial charge in [-0.05, 0) is 30.3 Å². The molecule has 0 saturated heterocycles. The Kier molecular flexibility index (Phi) is 3.93. The van der Waals surface area contributed by atoms with Crippen molar-refractivity contribution >= 4 is 11.9 Å². The largest absolute Gasteiger partial charge is 0.497 e. The number of carbonyl (C=O) groups excluding carboxylic acids is 1. The van der Waals surface area contributed by atoms with Crippen LogP contribution in [0.15, 0.2) is 42.2 Å². The van der Waals surface area contributed by atoms with Crippen LogP contribution < -0.4 is 18.9 Å². The van der Waals surface area contributed by atoms with Crippen molar-refractivity contribution in [3.8, 4) is 23.0 Å². The van der Waals surface area contributed by atoms with Crippen molar-refractivity contribution in [2.45, 2.75) is 0 Å². The number of para-hydroxylation sites is 1. The third-order valence-electron chi connectivity index (χ3n) is 3.60. The molecule has 0 spiro atoms. The summed E-state index contributed by atoms with van der Waals surface area (Å²) in [5.41, 5.74) is 1.19. The molecule has 3 rings (SSSR count). The second kappa shape index (κ2) is 6.04. The number of hydrogen-bond donors (Lipinski definition) is 0. The molecule has 2 aromatic carbocycles. The maximum absolute atomic E-state index is 12.5. The molecule has 1 heterocycles. The van der Waals surface area contributed by atoms with Crippen LogP contribution in [0, 0.1) is 0 Å². The summed E-state index contributed by atoms with van der Waals surface area (Å²) in [6, 6.07) is 10.6. The molecule has 5 nitrogen and oxygen atoms in total. The van der Waals surface area contributed by atoms with E-state index < -0.39 is 0 Å². The molecule has 23 heavy (non-hydrogen) atoms. The van der Waals surface area contributed by atoms with Gasteiger partial charge in [-0.25, -0.2) is 0 Å². The highest BCUT2D eigenvalue weighted by Gasteiger charge is 2.28. The highest BCUT2D eigenvalue weighted by molar-refractivity contribution is 6.14. The van der Waals surface area contributed by atoms with Crippen LogP contribution in [0.3, 0.4) is 0 Å². The van der Waals surface area contributed by atoms with Crippen molar-refractivity contribution < 1.29 is 23.7 Å². The number of methoxy groups -OCH3 is 3. The zero-order chi connectivity index (χ0) is 16.4. The second-order valence-corrected chi connectivity index (χ2v) is 4.88. The first kappa shape index (κ1) is 15.0. The van der Waals surface area contributed by atoms with E-state index in [-0.39, 0.29) is 11.5 Å². The minimum atomic E-state index is -0.191. The maximum Gasteiger partial charge on any atom is 0.232 e. The van der Waals surface area contributed by atoms with Crippen molar-refractivity contribution in [1.29, 1.82) is 0 Å². The van der Waals surface area contributed by atoms with Gasteiger partial charge in [0.25, 0.3) is 0 Å². The van der Waals surface area contributed by atoms with E-state index in [0.717, 1.165) is 0 Å². The topological polar surface area (TPSA) is 54.0 Å². The molecular formula is C18H16O5. The molecule has 0 aromatic heterocycles. The summed E-state index contributed by atoms with van der Waals surface area (Å²) in [5, 5.41) is 0. The molecule has 0 N–H and O–H groups in total. The highest BCUT2D eigenvalue weighted by atomic mass is 16.5. The van der Waals surface area contributed by atoms with Crippen LogP contribution in [-0.2, 0) is 0 Å². The summed E-state index contributed by atoms with van der Waals surface area (Å²) < 4.78 is 21.4. The van der Waals surface area contributed by atoms with Gasteiger partial charge in [0.1, 0.15) is 11.5 Å². The van der Waals surface area contributed by atoms with Gasteiger partial charge < -0.3 is 18.9 Å². The Morgan fingerprint density at radius 2 is 1.83 bits per heavy atom. The number of rotatable bonds is 4. The molecule has 1 aliphatic rings. The number of fused-ring (bicyclic) bond motifs is 1. The van der Waals surface area contributed by atoms with Crippen molar-refractivity contribution in [3.05, 3.63) is 53.3 Å². The molecule has 1 aliphatic heterocycles. The Balaban J connectivity index is 2.01. The molecule has 118 valence electrons. The lowest BCUT2D eigenvalue weighted by Crippen LogP contribution is -1.99. The van der Waals surface area contributed by atoms with Gasteiger partial charge in [0.15, 0.2) is 17.3 Å². The second-order valence-electron chi connectivity index (χ2n) is 4.88. The summed E-state index contributed by atoms with van der Waals surface area (Å²) in [6.45, 7) is 0. The SMILES string of the molecule is COc1ccc2c(c1)C(=O)/C(=C/c1cccc(OC)c1OC)O2. The summed E-state index contributed by atoms with van der Waals surface area (Å²) in [4.78, 5) is 12.5. The third kappa shape index (κ3) is 2.61. The fraction of sp³-hybridized carbons (Fsp3) is 0.167. The Hall–Kier alpha value is -2.95. The van der Waals surface area contributed by atoms with Crippen molar-refractivity contribution in [1.82, 2.24) is 0 Å². The standard InChI is InChI=1S/C18H16O5/c1-20-12-7-8-14-13(10-12)17(19)16(23-14)9-11-5-4-6-15(21-2)18(11)22-3/h4-10H,1-3H3/b16-9-. The number of ketones is 1. The third-order valence-corrected chi connectivity index (χ3v) is 3.60. The Morgan fingerprint density at radius 3 is 2.52 bits per heavy atom. The summed E-state index contributed by atoms with van der Waals surface area (Å²) in [5.74, 6) is 2.31. The van der Waals surface area contributed by atoms with Crippen molar-refractivity contribution in [2.24, 2.45) is 0 Å². The zero-order valence-corrected chi connectivity index (χ0v) is 13.1. The normalized spacial score (nSPS) is 14.4. The van der Waals surface area contributed by atoms with E-state index >= 15 is 0 Å². The van der Waals surface area contributed by atoms with Gasteiger partial charge in [-0.2, -0.15) is 0 Å². The van der Waals surface area contributed by atoms with Crippen LogP contribution in [0.4, 0.5) is 0 Å². The van der Waals surface area contributed by atoms with Crippen LogP contribution in [0.2, 0.25) is 0 Å². The van der Waals surface area contributed by atoms with Crippen LogP contribution in [0.25, 0.3) is 6.08 Å². The van der Waals surface area contributed by atoms with Gasteiger partial charge in [-0.15, -0.1) is 0 Å². The first-order valence-corrected chi connectivity index (χ1v) is 7.01. The molecule has 0 amide bonds. The molecule has 0 aliphatic carbocycles. The average Bonchev–Trinajstić information content (AvgIpc) is 2.90. The van der Waals surface area contributed by atoms with Crippen LogP contribution in [0.5, 0.6) is 23.0 Å². The maximum atomic E-state index is 12.5. The molecule has 0 radical (unpaired) electrons. The highest BCUT2D eigenvalue weighted by Crippen LogP contribution is 2.37. The van der Waals surface area contributed by atoms with Gasteiger partial charge in [0.05, 0.1) is 26.9 Å². The zero-order valence-electron chi connectivity index (χ0n) is 13.1. The molecular weight excluding hydrogens is 296 g/mol. The number of Topliss-reactive ketones (excluding diaryl/α,β-unsaturated/α-hetero) is 1. The van der Waals surface area contributed by atoms with Gasteiger partial charge >= 0.3 is 0 Å². The fourth-order valence-corrected chi connectivity index (χ4v) is 2.46. The van der Waals surface area contributed by atoms with E-state index in [9.17, 15) is 4.79 Å². The summed E-state index contributed by atoms with van der Waals surface area (Å²) in [6.07, 6.45) is 1.65. The van der Waals surface area contributed by atoms with E-state index in [1.807, 2.05) is 12.1 Å². The van der Waals surface area contributed by atoms with Crippen LogP contribution in [-0.4, -0.2) is 27.1 Å². The van der Waals surface area contributed by atoms with E-state index in [4.69, 9.17) is 18.9 Å². The molecule has 0 saturated carbocycles. The molecule has 2 aromatic rings. The molecule has 0 bridgehead atoms. The lowest BCUT2D eigenvalue weighted by molar-refractivity contribution is 0.101. The first-order valence-electron chi connectivity index (χ1n) is 7.01. The van der Waals surface area contributed by atoms with Gasteiger partial charge in [-0.1, -0.05) is 12.1 Å². The van der Waals surface area contributed by atoms with Crippen molar-refractivity contribution in [2.75, 3.05) is 21.3 Å². The van der Waals surface area contributed by atoms with Gasteiger partial charge in [0, 0.05) is 5.56 Å². The summed E-state index contributed by atoms with van der Waals surface area (Å²) in [7, 11) is 4.67. The monoisotopic (exact) mass is 312 g/mol. The summed E-state index contributed by atoms with van der Waals surface area (Å²) >= 11 is 0. The predicted molar refractivity (Wildman–Crippen MR) is 85.5 cm³/mol. The minimum Gasteiger partial charge on any atom is -0.497 e. The smallest absolute Gasteiger partial charge is 0.232 e. The number of allylic oxidation sites excluding steroid dienone is 1. The van der Waals surface area contributed by atoms with Crippen LogP contribution >= 0.6 is 0 Å². The van der Waals surface area contributed by atoms with E-state index in [1.54, 1.807) is 51.7 Å². The Labute approximate surface area is 134 Å². The lowest BCUT2D eigenvalue weighted by Gasteiger charge is -2.10. The average molecular weight is 312 g/mol. The minimum absolute atomic E-state index is 0.191. The van der Waals surface area contributed by atoms with Gasteiger partial charge in [-0.3, -0.25) is 4.79 Å². The molecule has 0 fully saturated rings. The molecule has 0 atom stereocenters. The first-order chi connectivity index (χ1) is 11.2. The van der Waals surface area contributed by atoms with E-state index in [1.165, 1.54) is 0 Å². The number of benzene rings is 2. The number of carbonyl (C=O) groups is 1. The Morgan fingerprint density at radius 1 is 1.00 bits per heavy atom.